The highest BCUT2D eigenvalue weighted by Crippen LogP contribution is 2.25. The number of halogens is 1. The van der Waals surface area contributed by atoms with Gasteiger partial charge in [0, 0.05) is 42.3 Å². The van der Waals surface area contributed by atoms with Gasteiger partial charge in [-0.05, 0) is 36.8 Å². The molecular weight excluding hydrogens is 376 g/mol. The van der Waals surface area contributed by atoms with Crippen LogP contribution in [0.15, 0.2) is 53.5 Å². The number of hydrogen-bond donors (Lipinski definition) is 0. The Morgan fingerprint density at radius 2 is 1.86 bits per heavy atom. The van der Waals surface area contributed by atoms with E-state index in [9.17, 15) is 9.59 Å². The zero-order valence-corrected chi connectivity index (χ0v) is 16.4. The van der Waals surface area contributed by atoms with E-state index in [-0.39, 0.29) is 17.9 Å². The predicted molar refractivity (Wildman–Crippen MR) is 111 cm³/mol. The van der Waals surface area contributed by atoms with E-state index in [1.54, 1.807) is 10.7 Å². The number of fused-ring (bicyclic) bond motifs is 1. The van der Waals surface area contributed by atoms with Crippen LogP contribution in [0.4, 0.5) is 5.69 Å². The molecule has 0 unspecified atom stereocenters. The van der Waals surface area contributed by atoms with Crippen LogP contribution in [0.25, 0.3) is 10.9 Å². The van der Waals surface area contributed by atoms with Crippen LogP contribution in [0.3, 0.4) is 0 Å². The number of carbonyl (C=O) groups is 1. The van der Waals surface area contributed by atoms with Crippen molar-refractivity contribution in [1.82, 2.24) is 14.7 Å². The molecule has 0 saturated carbocycles. The molecule has 6 nitrogen and oxygen atoms in total. The first-order valence-electron chi connectivity index (χ1n) is 9.27. The van der Waals surface area contributed by atoms with Crippen LogP contribution in [0.1, 0.15) is 5.56 Å². The van der Waals surface area contributed by atoms with E-state index in [0.29, 0.717) is 24.0 Å². The molecule has 1 saturated heterocycles. The van der Waals surface area contributed by atoms with E-state index in [2.05, 4.69) is 16.9 Å². The van der Waals surface area contributed by atoms with Gasteiger partial charge in [0.15, 0.2) is 0 Å². The van der Waals surface area contributed by atoms with Crippen molar-refractivity contribution < 1.29 is 4.79 Å². The molecule has 3 aromatic rings. The Hall–Kier alpha value is -2.86. The van der Waals surface area contributed by atoms with Crippen LogP contribution < -0.4 is 10.3 Å². The number of nitrogens with zero attached hydrogens (tertiary/aromatic N) is 4. The van der Waals surface area contributed by atoms with Gasteiger partial charge < -0.3 is 9.80 Å². The second-order valence-electron chi connectivity index (χ2n) is 6.98. The third kappa shape index (κ3) is 3.60. The molecule has 0 N–H and O–H groups in total. The number of aromatic nitrogens is 2. The summed E-state index contributed by atoms with van der Waals surface area (Å²) in [6, 6.07) is 13.1. The number of benzene rings is 2. The molecule has 1 aliphatic rings. The SMILES string of the molecule is Cc1ccc(Cl)cc1N1CCN(C(=O)Cn2ncc(=O)c3ccccc32)CC1. The predicted octanol–water partition coefficient (Wildman–Crippen LogP) is 2.71. The number of piperazine rings is 1. The van der Waals surface area contributed by atoms with E-state index in [0.717, 1.165) is 23.8 Å². The summed E-state index contributed by atoms with van der Waals surface area (Å²) >= 11 is 6.14. The Kier molecular flexibility index (Phi) is 5.05. The molecule has 28 heavy (non-hydrogen) atoms. The molecule has 4 rings (SSSR count). The Morgan fingerprint density at radius 3 is 2.64 bits per heavy atom. The van der Waals surface area contributed by atoms with Crippen molar-refractivity contribution in [3.8, 4) is 0 Å². The fraction of sp³-hybridized carbons (Fsp3) is 0.286. The van der Waals surface area contributed by atoms with Crippen molar-refractivity contribution in [2.75, 3.05) is 31.1 Å². The number of anilines is 1. The molecule has 2 aromatic carbocycles. The maximum Gasteiger partial charge on any atom is 0.244 e. The zero-order valence-electron chi connectivity index (χ0n) is 15.6. The van der Waals surface area contributed by atoms with Gasteiger partial charge in [-0.25, -0.2) is 0 Å². The van der Waals surface area contributed by atoms with Gasteiger partial charge in [-0.2, -0.15) is 5.10 Å². The van der Waals surface area contributed by atoms with Crippen molar-refractivity contribution in [3.05, 3.63) is 69.5 Å². The topological polar surface area (TPSA) is 58.4 Å². The van der Waals surface area contributed by atoms with Crippen molar-refractivity contribution >= 4 is 34.1 Å². The number of aryl methyl sites for hydroxylation is 1. The van der Waals surface area contributed by atoms with E-state index in [1.807, 2.05) is 41.3 Å². The average Bonchev–Trinajstić information content (AvgIpc) is 2.72. The summed E-state index contributed by atoms with van der Waals surface area (Å²) < 4.78 is 1.60. The van der Waals surface area contributed by atoms with Crippen molar-refractivity contribution in [3.63, 3.8) is 0 Å². The summed E-state index contributed by atoms with van der Waals surface area (Å²) in [5.41, 5.74) is 2.84. The summed E-state index contributed by atoms with van der Waals surface area (Å²) in [6.07, 6.45) is 1.27. The third-order valence-electron chi connectivity index (χ3n) is 5.19. The van der Waals surface area contributed by atoms with Crippen molar-refractivity contribution in [2.45, 2.75) is 13.5 Å². The maximum absolute atomic E-state index is 12.8. The minimum absolute atomic E-state index is 0.00349. The molecule has 7 heteroatoms. The molecule has 1 amide bonds. The lowest BCUT2D eigenvalue weighted by Gasteiger charge is -2.37. The van der Waals surface area contributed by atoms with Gasteiger partial charge in [0.2, 0.25) is 11.3 Å². The van der Waals surface area contributed by atoms with Gasteiger partial charge in [-0.1, -0.05) is 29.8 Å². The van der Waals surface area contributed by atoms with E-state index < -0.39 is 0 Å². The highest BCUT2D eigenvalue weighted by atomic mass is 35.5. The molecule has 144 valence electrons. The number of amides is 1. The van der Waals surface area contributed by atoms with Crippen LogP contribution in [-0.4, -0.2) is 46.8 Å². The molecule has 0 atom stereocenters. The van der Waals surface area contributed by atoms with Gasteiger partial charge in [0.1, 0.15) is 6.54 Å². The fourth-order valence-electron chi connectivity index (χ4n) is 3.64. The summed E-state index contributed by atoms with van der Waals surface area (Å²) in [7, 11) is 0. The maximum atomic E-state index is 12.8. The van der Waals surface area contributed by atoms with Crippen LogP contribution in [0, 0.1) is 6.92 Å². The van der Waals surface area contributed by atoms with E-state index >= 15 is 0 Å². The number of rotatable bonds is 3. The van der Waals surface area contributed by atoms with Crippen LogP contribution in [-0.2, 0) is 11.3 Å². The Labute approximate surface area is 167 Å². The lowest BCUT2D eigenvalue weighted by Crippen LogP contribution is -2.50. The van der Waals surface area contributed by atoms with E-state index in [4.69, 9.17) is 11.6 Å². The molecule has 1 fully saturated rings. The minimum atomic E-state index is -0.134. The standard InChI is InChI=1S/C21H21ClN4O2/c1-15-6-7-16(22)12-19(15)24-8-10-25(11-9-24)21(28)14-26-18-5-3-2-4-17(18)20(27)13-23-26/h2-7,12-13H,8-11,14H2,1H3. The van der Waals surface area contributed by atoms with Crippen molar-refractivity contribution in [1.29, 1.82) is 0 Å². The first-order valence-corrected chi connectivity index (χ1v) is 9.64. The van der Waals surface area contributed by atoms with Gasteiger partial charge in [-0.15, -0.1) is 0 Å². The summed E-state index contributed by atoms with van der Waals surface area (Å²) in [5.74, 6) is 0.00349. The van der Waals surface area contributed by atoms with Crippen molar-refractivity contribution in [2.24, 2.45) is 0 Å². The Bertz CT molecular complexity index is 1090. The van der Waals surface area contributed by atoms with Gasteiger partial charge >= 0.3 is 0 Å². The van der Waals surface area contributed by atoms with Crippen LogP contribution in [0.5, 0.6) is 0 Å². The summed E-state index contributed by atoms with van der Waals surface area (Å²) in [4.78, 5) is 28.9. The molecular formula is C21H21ClN4O2. The molecule has 0 spiro atoms. The second-order valence-corrected chi connectivity index (χ2v) is 7.42. The molecule has 0 radical (unpaired) electrons. The number of carbonyl (C=O) groups excluding carboxylic acids is 1. The third-order valence-corrected chi connectivity index (χ3v) is 5.43. The summed E-state index contributed by atoms with van der Waals surface area (Å²) in [6.45, 7) is 4.98. The second kappa shape index (κ2) is 7.64. The molecule has 2 heterocycles. The quantitative estimate of drug-likeness (QED) is 0.683. The zero-order chi connectivity index (χ0) is 19.7. The number of para-hydroxylation sites is 1. The lowest BCUT2D eigenvalue weighted by atomic mass is 10.1. The molecule has 1 aliphatic heterocycles. The fourth-order valence-corrected chi connectivity index (χ4v) is 3.80. The van der Waals surface area contributed by atoms with E-state index in [1.165, 1.54) is 11.8 Å². The Morgan fingerprint density at radius 1 is 1.11 bits per heavy atom. The first kappa shape index (κ1) is 18.5. The monoisotopic (exact) mass is 396 g/mol. The number of hydrogen-bond acceptors (Lipinski definition) is 4. The normalized spacial score (nSPS) is 14.5. The molecule has 0 aliphatic carbocycles. The largest absolute Gasteiger partial charge is 0.368 e. The van der Waals surface area contributed by atoms with Gasteiger partial charge in [-0.3, -0.25) is 14.3 Å². The Balaban J connectivity index is 1.46. The molecule has 0 bridgehead atoms. The first-order chi connectivity index (χ1) is 13.5. The smallest absolute Gasteiger partial charge is 0.244 e. The van der Waals surface area contributed by atoms with Crippen LogP contribution in [0.2, 0.25) is 5.02 Å². The van der Waals surface area contributed by atoms with Gasteiger partial charge in [0.25, 0.3) is 0 Å². The van der Waals surface area contributed by atoms with Gasteiger partial charge in [0.05, 0.1) is 11.7 Å². The molecule has 1 aromatic heterocycles. The highest BCUT2D eigenvalue weighted by molar-refractivity contribution is 6.30. The average molecular weight is 397 g/mol. The highest BCUT2D eigenvalue weighted by Gasteiger charge is 2.23. The summed E-state index contributed by atoms with van der Waals surface area (Å²) in [5, 5.41) is 5.45. The van der Waals surface area contributed by atoms with Crippen LogP contribution >= 0.6 is 11.6 Å². The lowest BCUT2D eigenvalue weighted by molar-refractivity contribution is -0.132. The minimum Gasteiger partial charge on any atom is -0.368 e.